The summed E-state index contributed by atoms with van der Waals surface area (Å²) in [6.07, 6.45) is 0. The van der Waals surface area contributed by atoms with Gasteiger partial charge in [-0.1, -0.05) is 0 Å². The molecule has 0 heterocycles. The molecule has 0 saturated heterocycles. The minimum atomic E-state index is -4.07. The average Bonchev–Trinajstić information content (AvgIpc) is 1.21. The molecule has 6 heteroatoms. The van der Waals surface area contributed by atoms with Crippen LogP contribution in [0.15, 0.2) is 0 Å². The van der Waals surface area contributed by atoms with Crippen LogP contribution in [0.3, 0.4) is 0 Å². The number of rotatable bonds is 1. The van der Waals surface area contributed by atoms with E-state index in [9.17, 15) is 4.79 Å². The Labute approximate surface area is 46.6 Å². The Morgan fingerprint density at radius 1 is 1.50 bits per heavy atom. The first kappa shape index (κ1) is 7.78. The summed E-state index contributed by atoms with van der Waals surface area (Å²) in [4.78, 5) is 34.1. The van der Waals surface area contributed by atoms with E-state index in [1.165, 1.54) is 5.09 Å². The van der Waals surface area contributed by atoms with Crippen molar-refractivity contribution in [1.29, 1.82) is 0 Å². The fourth-order valence-electron chi connectivity index (χ4n) is 0.211. The summed E-state index contributed by atoms with van der Waals surface area (Å²) < 4.78 is 0. The Bertz CT molecular complexity index is 96.7. The van der Waals surface area contributed by atoms with Crippen LogP contribution in [0.25, 0.3) is 0 Å². The van der Waals surface area contributed by atoms with E-state index in [0.717, 1.165) is 6.92 Å². The third-order valence-electron chi connectivity index (χ3n) is 0.307. The smallest absolute Gasteiger partial charge is 0.272 e. The van der Waals surface area contributed by atoms with Crippen LogP contribution in [0.4, 0.5) is 0 Å². The van der Waals surface area contributed by atoms with Gasteiger partial charge in [0.15, 0.2) is 0 Å². The molecule has 0 radical (unpaired) electrons. The summed E-state index contributed by atoms with van der Waals surface area (Å²) in [5.74, 6) is -0.675. The van der Waals surface area contributed by atoms with E-state index in [2.05, 4.69) is 0 Å². The quantitative estimate of drug-likeness (QED) is 0.343. The van der Waals surface area contributed by atoms with Gasteiger partial charge in [0, 0.05) is 6.92 Å². The van der Waals surface area contributed by atoms with Gasteiger partial charge in [-0.3, -0.25) is 4.79 Å². The molecule has 0 aliphatic carbocycles. The van der Waals surface area contributed by atoms with Crippen molar-refractivity contribution in [2.75, 3.05) is 0 Å². The molecule has 0 aromatic rings. The van der Waals surface area contributed by atoms with Crippen LogP contribution >= 0.6 is 8.09 Å². The van der Waals surface area contributed by atoms with Gasteiger partial charge in [-0.25, -0.2) is 0 Å². The van der Waals surface area contributed by atoms with E-state index >= 15 is 0 Å². The lowest BCUT2D eigenvalue weighted by Crippen LogP contribution is -2.19. The van der Waals surface area contributed by atoms with Crippen molar-refractivity contribution in [1.82, 2.24) is 5.09 Å². The molecule has 5 nitrogen and oxygen atoms in total. The van der Waals surface area contributed by atoms with Gasteiger partial charge in [-0.05, 0) is 0 Å². The van der Waals surface area contributed by atoms with Crippen LogP contribution in [-0.2, 0) is 4.79 Å². The third kappa shape index (κ3) is 5.78. The molecule has 0 fully saturated rings. The molecular weight excluding hydrogens is 133 g/mol. The highest BCUT2D eigenvalue weighted by molar-refractivity contribution is 7.57. The first-order chi connectivity index (χ1) is 3.42. The highest BCUT2D eigenvalue weighted by Crippen LogP contribution is 2.38. The lowest BCUT2D eigenvalue weighted by Gasteiger charge is -1.99. The molecule has 1 amide bonds. The Hall–Kier alpha value is -0.220. The van der Waals surface area contributed by atoms with Gasteiger partial charge in [0.1, 0.15) is 0 Å². The molecule has 0 rings (SSSR count). The lowest BCUT2D eigenvalue weighted by atomic mass is 10.8. The van der Waals surface area contributed by atoms with Crippen LogP contribution in [0, 0.1) is 0 Å². The normalized spacial score (nSPS) is 11.0. The summed E-state index contributed by atoms with van der Waals surface area (Å²) in [5, 5.41) is 1.52. The van der Waals surface area contributed by atoms with Crippen LogP contribution in [0.5, 0.6) is 0 Å². The molecule has 0 bridgehead atoms. The van der Waals surface area contributed by atoms with Gasteiger partial charge in [-0.2, -0.15) is 19.8 Å². The molecule has 0 aromatic carbocycles. The second kappa shape index (κ2) is 2.37. The van der Waals surface area contributed by atoms with Crippen molar-refractivity contribution in [3.05, 3.63) is 0 Å². The first-order valence-electron chi connectivity index (χ1n) is 1.78. The number of nitrogens with one attached hydrogen (secondary N) is 1. The number of carbonyl (C=O) groups is 1. The lowest BCUT2D eigenvalue weighted by molar-refractivity contribution is -0.117. The van der Waals surface area contributed by atoms with Gasteiger partial charge in [-0.15, -0.1) is 0 Å². The Morgan fingerprint density at radius 3 is 1.88 bits per heavy atom. The predicted octanol–water partition coefficient (Wildman–Crippen LogP) is -1.22. The topological polar surface area (TPSA) is 89.8 Å². The zero-order valence-electron chi connectivity index (χ0n) is 4.20. The van der Waals surface area contributed by atoms with E-state index in [1.807, 2.05) is 0 Å². The van der Waals surface area contributed by atoms with Crippen LogP contribution in [0.2, 0.25) is 0 Å². The minimum Gasteiger partial charge on any atom is -0.272 e. The number of hydrogen-bond donors (Lipinski definition) is 4. The van der Waals surface area contributed by atoms with Crippen molar-refractivity contribution in [2.24, 2.45) is 0 Å². The first-order valence-corrected chi connectivity index (χ1v) is 3.42. The van der Waals surface area contributed by atoms with Crippen molar-refractivity contribution in [3.8, 4) is 0 Å². The van der Waals surface area contributed by atoms with Crippen LogP contribution < -0.4 is 5.09 Å². The molecule has 0 spiro atoms. The highest BCUT2D eigenvalue weighted by Gasteiger charge is 2.31. The summed E-state index contributed by atoms with van der Waals surface area (Å²) in [7, 11) is -4.07. The number of amides is 1. The molecule has 8 heavy (non-hydrogen) atoms. The summed E-state index contributed by atoms with van der Waals surface area (Å²) >= 11 is 0. The second-order valence-electron chi connectivity index (χ2n) is 1.24. The summed E-state index contributed by atoms with van der Waals surface area (Å²) in [5.41, 5.74) is 0. The molecule has 0 atom stereocenters. The summed E-state index contributed by atoms with van der Waals surface area (Å²) in [6, 6.07) is 0. The largest absolute Gasteiger partial charge is 0.523 e. The van der Waals surface area contributed by atoms with Crippen molar-refractivity contribution < 1.29 is 19.5 Å². The van der Waals surface area contributed by atoms with Gasteiger partial charge in [0.2, 0.25) is 0 Å². The molecule has 0 unspecified atom stereocenters. The SMILES string of the molecule is CC(=O)N[P+](O)(O)O. The van der Waals surface area contributed by atoms with E-state index in [-0.39, 0.29) is 0 Å². The van der Waals surface area contributed by atoms with Crippen molar-refractivity contribution >= 4 is 14.0 Å². The second-order valence-corrected chi connectivity index (χ2v) is 2.60. The van der Waals surface area contributed by atoms with Crippen molar-refractivity contribution in [3.63, 3.8) is 0 Å². The maximum absolute atomic E-state index is 9.90. The Balaban J connectivity index is 3.55. The van der Waals surface area contributed by atoms with Gasteiger partial charge in [0.05, 0.1) is 0 Å². The molecule has 0 saturated carbocycles. The monoisotopic (exact) mass is 140 g/mol. The molecule has 0 aromatic heterocycles. The molecule has 0 aliphatic rings. The van der Waals surface area contributed by atoms with E-state index in [4.69, 9.17) is 14.7 Å². The fourth-order valence-corrected chi connectivity index (χ4v) is 0.634. The van der Waals surface area contributed by atoms with E-state index in [1.54, 1.807) is 0 Å². The van der Waals surface area contributed by atoms with Gasteiger partial charge >= 0.3 is 8.09 Å². The summed E-state index contributed by atoms with van der Waals surface area (Å²) in [6.45, 7) is 1.07. The molecular formula is C2H7NO4P+. The zero-order chi connectivity index (χ0) is 6.78. The van der Waals surface area contributed by atoms with E-state index in [0.29, 0.717) is 0 Å². The Kier molecular flexibility index (Phi) is 2.30. The van der Waals surface area contributed by atoms with Crippen LogP contribution in [-0.4, -0.2) is 20.6 Å². The highest BCUT2D eigenvalue weighted by atomic mass is 31.2. The maximum Gasteiger partial charge on any atom is 0.523 e. The molecule has 48 valence electrons. The zero-order valence-corrected chi connectivity index (χ0v) is 5.09. The van der Waals surface area contributed by atoms with E-state index < -0.39 is 14.0 Å². The average molecular weight is 140 g/mol. The standard InChI is InChI=1S/C2H6NO4P/c1-2(4)3-8(5,6)7/h5-7H,1H3/p+1. The van der Waals surface area contributed by atoms with Crippen molar-refractivity contribution in [2.45, 2.75) is 6.92 Å². The van der Waals surface area contributed by atoms with Gasteiger partial charge in [0.25, 0.3) is 5.91 Å². The van der Waals surface area contributed by atoms with Gasteiger partial charge < -0.3 is 0 Å². The maximum atomic E-state index is 9.90. The number of carbonyl (C=O) groups excluding carboxylic acids is 1. The minimum absolute atomic E-state index is 0.675. The Morgan fingerprint density at radius 2 is 1.88 bits per heavy atom. The fraction of sp³-hybridized carbons (Fsp3) is 0.500. The number of hydrogen-bond acceptors (Lipinski definition) is 4. The molecule has 4 N–H and O–H groups in total. The third-order valence-corrected chi connectivity index (χ3v) is 0.922. The molecule has 0 aliphatic heterocycles. The van der Waals surface area contributed by atoms with Crippen LogP contribution in [0.1, 0.15) is 6.92 Å². The predicted molar refractivity (Wildman–Crippen MR) is 27.4 cm³/mol.